The maximum Gasteiger partial charge on any atom is 0.472 e. The Morgan fingerprint density at radius 1 is 0.446 bits per heavy atom. The van der Waals surface area contributed by atoms with Crippen LogP contribution >= 0.6 is 7.82 Å². The summed E-state index contributed by atoms with van der Waals surface area (Å²) in [5.41, 5.74) is 0. The number of phosphoric ester groups is 1. The van der Waals surface area contributed by atoms with E-state index in [1.54, 1.807) is 0 Å². The molecule has 0 spiro atoms. The molecule has 37 nitrogen and oxygen atoms in total. The minimum atomic E-state index is -4.75. The summed E-state index contributed by atoms with van der Waals surface area (Å²) in [4.78, 5) is 72.5. The normalized spacial score (nSPS) is 40.5. The first-order valence-corrected chi connectivity index (χ1v) is 27.6. The van der Waals surface area contributed by atoms with Crippen molar-refractivity contribution in [1.29, 1.82) is 0 Å². The molecule has 0 saturated carbocycles. The van der Waals surface area contributed by atoms with Gasteiger partial charge in [-0.05, 0) is 0 Å². The third kappa shape index (κ3) is 18.3. The van der Waals surface area contributed by atoms with Crippen LogP contribution in [0.2, 0.25) is 0 Å². The van der Waals surface area contributed by atoms with Gasteiger partial charge in [0.1, 0.15) is 128 Å². The van der Waals surface area contributed by atoms with E-state index in [2.05, 4.69) is 36.4 Å². The number of aliphatic hydroxyl groups excluding tert-OH is 13. The van der Waals surface area contributed by atoms with Gasteiger partial charge in [-0.25, -0.2) is 4.57 Å². The van der Waals surface area contributed by atoms with Gasteiger partial charge in [-0.1, -0.05) is 0 Å². The van der Waals surface area contributed by atoms with Gasteiger partial charge in [0, 0.05) is 41.2 Å². The number of phosphoric acid groups is 1. The smallest absolute Gasteiger partial charge is 0.394 e. The Morgan fingerprint density at radius 3 is 1.07 bits per heavy atom. The van der Waals surface area contributed by atoms with E-state index in [9.17, 15) is 94.7 Å². The van der Waals surface area contributed by atoms with Crippen molar-refractivity contribution >= 4 is 37.4 Å². The second-order valence-corrected chi connectivity index (χ2v) is 21.5. The van der Waals surface area contributed by atoms with Crippen LogP contribution in [-0.2, 0) is 80.2 Å². The average molecular weight is 1230 g/mol. The number of rotatable bonds is 27. The fourth-order valence-corrected chi connectivity index (χ4v) is 10.7. The Morgan fingerprint density at radius 2 is 0.747 bits per heavy atom. The minimum absolute atomic E-state index is 0.330. The molecule has 0 aromatic rings. The summed E-state index contributed by atoms with van der Waals surface area (Å²) in [6.45, 7) is -1.99. The van der Waals surface area contributed by atoms with Gasteiger partial charge in [0.15, 0.2) is 25.2 Å². The first-order chi connectivity index (χ1) is 39.1. The number of carbonyl (C=O) groups excluding carboxylic acids is 5. The van der Waals surface area contributed by atoms with Crippen molar-refractivity contribution in [2.24, 2.45) is 0 Å². The summed E-state index contributed by atoms with van der Waals surface area (Å²) < 4.78 is 75.6. The van der Waals surface area contributed by atoms with E-state index in [1.807, 2.05) is 0 Å². The Hall–Kier alpha value is -3.46. The zero-order chi connectivity index (χ0) is 61.8. The van der Waals surface area contributed by atoms with Crippen molar-refractivity contribution < 1.29 is 151 Å². The second kappa shape index (κ2) is 32.0. The molecular weight excluding hydrogens is 1150 g/mol. The summed E-state index contributed by atoms with van der Waals surface area (Å²) in [7, 11) is -4.75. The highest BCUT2D eigenvalue weighted by atomic mass is 31.2. The quantitative estimate of drug-likeness (QED) is 0.0268. The fraction of sp³-hybridized carbons (Fsp3) is 0.889. The molecule has 5 heterocycles. The molecule has 5 aliphatic rings. The van der Waals surface area contributed by atoms with Crippen LogP contribution in [0.15, 0.2) is 0 Å². The fourth-order valence-electron chi connectivity index (χ4n) is 9.90. The predicted molar refractivity (Wildman–Crippen MR) is 265 cm³/mol. The predicted octanol–water partition coefficient (Wildman–Crippen LogP) is -12.1. The third-order valence-electron chi connectivity index (χ3n) is 13.7. The monoisotopic (exact) mass is 1230 g/mol. The van der Waals surface area contributed by atoms with Gasteiger partial charge in [-0.15, -0.1) is 0 Å². The molecule has 0 bridgehead atoms. The molecule has 0 radical (unpaired) electrons. The summed E-state index contributed by atoms with van der Waals surface area (Å²) in [5, 5.41) is 154. The molecule has 5 fully saturated rings. The summed E-state index contributed by atoms with van der Waals surface area (Å²) in [5.74, 6) is -3.91. The van der Waals surface area contributed by atoms with E-state index in [0.717, 1.165) is 34.6 Å². The van der Waals surface area contributed by atoms with Crippen molar-refractivity contribution in [2.45, 2.75) is 194 Å². The van der Waals surface area contributed by atoms with Crippen LogP contribution in [0.3, 0.4) is 0 Å². The Balaban J connectivity index is 1.36. The molecule has 3 unspecified atom stereocenters. The van der Waals surface area contributed by atoms with E-state index in [-0.39, 0.29) is 6.54 Å². The van der Waals surface area contributed by atoms with E-state index in [1.165, 1.54) is 0 Å². The molecule has 5 amide bonds. The van der Waals surface area contributed by atoms with Gasteiger partial charge in [0.25, 0.3) is 0 Å². The highest BCUT2D eigenvalue weighted by Gasteiger charge is 2.58. The number of amides is 5. The Bertz CT molecular complexity index is 2150. The largest absolute Gasteiger partial charge is 0.472 e. The van der Waals surface area contributed by atoms with E-state index in [4.69, 9.17) is 52.3 Å². The molecular formula is C45H79N6O31P. The van der Waals surface area contributed by atoms with Crippen LogP contribution in [0.4, 0.5) is 0 Å². The molecule has 5 rings (SSSR count). The molecule has 83 heavy (non-hydrogen) atoms. The van der Waals surface area contributed by atoms with Crippen molar-refractivity contribution in [3.63, 3.8) is 0 Å². The van der Waals surface area contributed by atoms with Crippen molar-refractivity contribution in [3.05, 3.63) is 0 Å². The molecule has 0 aliphatic carbocycles. The molecule has 0 aromatic carbocycles. The maximum absolute atomic E-state index is 12.8. The minimum Gasteiger partial charge on any atom is -0.394 e. The van der Waals surface area contributed by atoms with Crippen molar-refractivity contribution in [1.82, 2.24) is 31.9 Å². The van der Waals surface area contributed by atoms with Gasteiger partial charge >= 0.3 is 7.82 Å². The lowest BCUT2D eigenvalue weighted by molar-refractivity contribution is -0.366. The molecule has 27 atom stereocenters. The number of carbonyl (C=O) groups is 5. The molecule has 20 N–H and O–H groups in total. The average Bonchev–Trinajstić information content (AvgIpc) is 3.52. The lowest BCUT2D eigenvalue weighted by atomic mass is 9.92. The van der Waals surface area contributed by atoms with Gasteiger partial charge in [-0.2, -0.15) is 0 Å². The second-order valence-electron chi connectivity index (χ2n) is 20.0. The lowest BCUT2D eigenvalue weighted by Crippen LogP contribution is -2.72. The third-order valence-corrected chi connectivity index (χ3v) is 14.7. The zero-order valence-corrected chi connectivity index (χ0v) is 46.4. The van der Waals surface area contributed by atoms with Gasteiger partial charge in [0.05, 0.1) is 58.9 Å². The van der Waals surface area contributed by atoms with Crippen LogP contribution in [-0.4, -0.2) is 319 Å². The summed E-state index contributed by atoms with van der Waals surface area (Å²) in [6, 6.07) is -8.19. The summed E-state index contributed by atoms with van der Waals surface area (Å²) >= 11 is 0. The van der Waals surface area contributed by atoms with E-state index >= 15 is 0 Å². The Labute approximate surface area is 473 Å². The molecule has 480 valence electrons. The number of ether oxygens (including phenoxy) is 9. The van der Waals surface area contributed by atoms with Crippen molar-refractivity contribution in [3.8, 4) is 0 Å². The standard InChI is InChI=1S/C45H79N6O31P/c1-15(58)47-26-33(66)37(22(10-54)74-41(26)46-6-7-72-83(70,71)73-14-20(63)8-52)79-43-28(49-17(3)60)35(68)39(24(12-56)76-43)81-45-30(51-19(5)62)36(69)40(25(13-57)78-45)82-44-29(50-18(4)61)34(67)38(23(11-55)77-44)80-42-27(48-16(2)59)32(65)31(64)21(9-53)75-42/h20-46,52-57,63-69H,6-14H2,1-5H3,(H,47,58)(H,48,59)(H,49,60)(H,50,61)(H,51,62)(H,70,71)/t20?,21-,22-,23-,24-,25-,26-,27-,28-,29-,30-,31-,32-,33-,34-,35-,36-,37-,38-,39-,40-,41?,42+,43+,44+,45+/m1/s1. The van der Waals surface area contributed by atoms with Gasteiger partial charge in [-0.3, -0.25) is 38.3 Å². The molecule has 0 aromatic heterocycles. The maximum atomic E-state index is 12.8. The highest BCUT2D eigenvalue weighted by Crippen LogP contribution is 2.43. The van der Waals surface area contributed by atoms with Crippen molar-refractivity contribution in [2.75, 3.05) is 59.4 Å². The zero-order valence-electron chi connectivity index (χ0n) is 45.5. The first-order valence-electron chi connectivity index (χ1n) is 26.2. The molecule has 5 saturated heterocycles. The van der Waals surface area contributed by atoms with E-state index in [0.29, 0.717) is 0 Å². The molecule has 5 aliphatic heterocycles. The van der Waals surface area contributed by atoms with Gasteiger partial charge in [0.2, 0.25) is 29.5 Å². The topological polar surface area (TPSA) is 559 Å². The van der Waals surface area contributed by atoms with Crippen LogP contribution in [0.25, 0.3) is 0 Å². The molecule has 38 heteroatoms. The Kier molecular flexibility index (Phi) is 27.1. The van der Waals surface area contributed by atoms with Crippen LogP contribution < -0.4 is 31.9 Å². The van der Waals surface area contributed by atoms with Crippen LogP contribution in [0.5, 0.6) is 0 Å². The van der Waals surface area contributed by atoms with E-state index < -0.39 is 249 Å². The lowest BCUT2D eigenvalue weighted by Gasteiger charge is -2.51. The number of aliphatic hydroxyl groups is 13. The number of hydrogen-bond donors (Lipinski definition) is 20. The van der Waals surface area contributed by atoms with Crippen LogP contribution in [0.1, 0.15) is 34.6 Å². The first kappa shape index (κ1) is 70.3. The summed E-state index contributed by atoms with van der Waals surface area (Å²) in [6.07, 6.45) is -36.9. The highest BCUT2D eigenvalue weighted by molar-refractivity contribution is 7.47. The SMILES string of the molecule is CC(=O)N[C@H]1[C@H](O[C@H]2[C@H](O)[C@@H](NC(C)=O)[C@H](O[C@H]3[C@H](O)[C@@H](NC(C)=O)C(NCCOP(=O)(O)OCC(O)CO)O[C@@H]3CO)O[C@@H]2CO)O[C@H](CO)[C@@H](O[C@@H]2O[C@H](CO)[C@@H](O[C@@H]3O[C@H](CO)[C@@H](O)[C@H](O)[C@H]3NC(C)=O)[C@H](O)[C@H]2NC(C)=O)[C@@H]1O. The number of hydrogen-bond acceptors (Lipinski definition) is 31. The van der Waals surface area contributed by atoms with Gasteiger partial charge < -0.3 is 140 Å². The number of nitrogens with one attached hydrogen (secondary N) is 6. The van der Waals surface area contributed by atoms with Crippen LogP contribution in [0, 0.1) is 0 Å².